The number of carbonyl (C=O) groups excluding carboxylic acids is 1. The van der Waals surface area contributed by atoms with Gasteiger partial charge >= 0.3 is 0 Å². The molecule has 0 aliphatic heterocycles. The quantitative estimate of drug-likeness (QED) is 0.797. The summed E-state index contributed by atoms with van der Waals surface area (Å²) in [6, 6.07) is 5.97. The number of aromatic nitrogens is 1. The van der Waals surface area contributed by atoms with Crippen molar-refractivity contribution < 1.29 is 4.79 Å². The molecule has 0 fully saturated rings. The third-order valence-electron chi connectivity index (χ3n) is 3.52. The van der Waals surface area contributed by atoms with Crippen molar-refractivity contribution in [3.8, 4) is 0 Å². The molecule has 0 spiro atoms. The highest BCUT2D eigenvalue weighted by Gasteiger charge is 2.17. The van der Waals surface area contributed by atoms with E-state index in [0.717, 1.165) is 33.6 Å². The number of aromatic amines is 1. The van der Waals surface area contributed by atoms with E-state index in [9.17, 15) is 4.79 Å². The zero-order chi connectivity index (χ0) is 13.4. The fraction of sp³-hybridized carbons (Fsp3) is 0.312. The minimum absolute atomic E-state index is 0.0792. The zero-order valence-electron chi connectivity index (χ0n) is 11.6. The van der Waals surface area contributed by atoms with Gasteiger partial charge in [0, 0.05) is 11.3 Å². The van der Waals surface area contributed by atoms with Crippen LogP contribution in [0.3, 0.4) is 0 Å². The average Bonchev–Trinajstić information content (AvgIpc) is 2.55. The summed E-state index contributed by atoms with van der Waals surface area (Å²) in [7, 11) is 0. The molecule has 0 aliphatic carbocycles. The molecule has 0 radical (unpaired) electrons. The van der Waals surface area contributed by atoms with Gasteiger partial charge in [0.2, 0.25) is 5.78 Å². The van der Waals surface area contributed by atoms with Gasteiger partial charge in [-0.15, -0.1) is 0 Å². The lowest BCUT2D eigenvalue weighted by molar-refractivity contribution is 0.103. The summed E-state index contributed by atoms with van der Waals surface area (Å²) in [6.07, 6.45) is 0. The molecule has 18 heavy (non-hydrogen) atoms. The zero-order valence-corrected chi connectivity index (χ0v) is 11.6. The van der Waals surface area contributed by atoms with Gasteiger partial charge in [-0.25, -0.2) is 0 Å². The van der Waals surface area contributed by atoms with Crippen LogP contribution in [-0.4, -0.2) is 10.8 Å². The lowest BCUT2D eigenvalue weighted by atomic mass is 10.0. The Morgan fingerprint density at radius 2 is 1.44 bits per heavy atom. The smallest absolute Gasteiger partial charge is 0.209 e. The number of ketones is 1. The molecule has 0 aliphatic rings. The second-order valence-electron chi connectivity index (χ2n) is 5.08. The summed E-state index contributed by atoms with van der Waals surface area (Å²) < 4.78 is 0. The summed E-state index contributed by atoms with van der Waals surface area (Å²) in [5.41, 5.74) is 7.01. The first-order valence-electron chi connectivity index (χ1n) is 6.19. The maximum absolute atomic E-state index is 12.5. The highest BCUT2D eigenvalue weighted by atomic mass is 16.1. The van der Waals surface area contributed by atoms with Crippen LogP contribution in [0.1, 0.15) is 44.0 Å². The van der Waals surface area contributed by atoms with Gasteiger partial charge in [0.25, 0.3) is 0 Å². The molecular weight excluding hydrogens is 222 g/mol. The van der Waals surface area contributed by atoms with Crippen LogP contribution in [0.2, 0.25) is 0 Å². The Morgan fingerprint density at radius 3 is 1.89 bits per heavy atom. The van der Waals surface area contributed by atoms with E-state index in [1.54, 1.807) is 0 Å². The van der Waals surface area contributed by atoms with Gasteiger partial charge in [-0.05, 0) is 57.9 Å². The van der Waals surface area contributed by atoms with E-state index in [1.165, 1.54) is 5.56 Å². The highest BCUT2D eigenvalue weighted by Crippen LogP contribution is 2.20. The predicted octanol–water partition coefficient (Wildman–Crippen LogP) is 3.79. The van der Waals surface area contributed by atoms with Gasteiger partial charge in [0.15, 0.2) is 0 Å². The normalized spacial score (nSPS) is 10.7. The Bertz CT molecular complexity index is 600. The monoisotopic (exact) mass is 241 g/mol. The first-order chi connectivity index (χ1) is 8.40. The van der Waals surface area contributed by atoms with Gasteiger partial charge in [-0.1, -0.05) is 17.2 Å². The molecule has 1 N–H and O–H groups in total. The molecule has 0 bridgehead atoms. The van der Waals surface area contributed by atoms with Gasteiger partial charge in [-0.3, -0.25) is 4.79 Å². The van der Waals surface area contributed by atoms with E-state index in [-0.39, 0.29) is 5.78 Å². The van der Waals surface area contributed by atoms with E-state index >= 15 is 0 Å². The Morgan fingerprint density at radius 1 is 0.889 bits per heavy atom. The maximum atomic E-state index is 12.5. The third kappa shape index (κ3) is 2.10. The summed E-state index contributed by atoms with van der Waals surface area (Å²) in [5, 5.41) is 0. The molecule has 2 rings (SSSR count). The number of hydrogen-bond acceptors (Lipinski definition) is 1. The van der Waals surface area contributed by atoms with Crippen LogP contribution >= 0.6 is 0 Å². The number of aryl methyl sites for hydroxylation is 3. The minimum atomic E-state index is 0.0792. The van der Waals surface area contributed by atoms with Crippen molar-refractivity contribution in [2.45, 2.75) is 34.6 Å². The Kier molecular flexibility index (Phi) is 3.12. The molecular formula is C16H19NO. The van der Waals surface area contributed by atoms with Gasteiger partial charge in [-0.2, -0.15) is 0 Å². The molecule has 0 amide bonds. The van der Waals surface area contributed by atoms with Crippen molar-refractivity contribution in [1.82, 2.24) is 4.98 Å². The van der Waals surface area contributed by atoms with Gasteiger partial charge in [0.05, 0.1) is 5.69 Å². The fourth-order valence-electron chi connectivity index (χ4n) is 2.32. The van der Waals surface area contributed by atoms with Crippen LogP contribution in [-0.2, 0) is 0 Å². The first-order valence-corrected chi connectivity index (χ1v) is 6.19. The molecule has 2 aromatic rings. The molecule has 0 saturated carbocycles. The Labute approximate surface area is 108 Å². The van der Waals surface area contributed by atoms with E-state index < -0.39 is 0 Å². The standard InChI is InChI=1S/C16H19NO/c1-9-6-10(2)8-14(7-9)16(18)15-12(4)11(3)13(5)17-15/h6-8,17H,1-5H3. The number of hydrogen-bond donors (Lipinski definition) is 1. The molecule has 0 unspecified atom stereocenters. The van der Waals surface area contributed by atoms with Crippen molar-refractivity contribution in [2.75, 3.05) is 0 Å². The van der Waals surface area contributed by atoms with Crippen LogP contribution in [0.15, 0.2) is 18.2 Å². The number of H-pyrrole nitrogens is 1. The second-order valence-corrected chi connectivity index (χ2v) is 5.08. The Hall–Kier alpha value is -1.83. The third-order valence-corrected chi connectivity index (χ3v) is 3.52. The lowest BCUT2D eigenvalue weighted by Crippen LogP contribution is -2.04. The van der Waals surface area contributed by atoms with Crippen LogP contribution in [0.5, 0.6) is 0 Å². The summed E-state index contributed by atoms with van der Waals surface area (Å²) in [4.78, 5) is 15.7. The number of rotatable bonds is 2. The maximum Gasteiger partial charge on any atom is 0.209 e. The van der Waals surface area contributed by atoms with E-state index in [0.29, 0.717) is 0 Å². The predicted molar refractivity (Wildman–Crippen MR) is 74.4 cm³/mol. The molecule has 94 valence electrons. The van der Waals surface area contributed by atoms with E-state index in [2.05, 4.69) is 11.1 Å². The van der Waals surface area contributed by atoms with Crippen molar-refractivity contribution in [3.63, 3.8) is 0 Å². The summed E-state index contributed by atoms with van der Waals surface area (Å²) in [5.74, 6) is 0.0792. The Balaban J connectivity index is 2.51. The minimum Gasteiger partial charge on any atom is -0.356 e. The summed E-state index contributed by atoms with van der Waals surface area (Å²) in [6.45, 7) is 10.1. The van der Waals surface area contributed by atoms with Crippen molar-refractivity contribution in [1.29, 1.82) is 0 Å². The fourth-order valence-corrected chi connectivity index (χ4v) is 2.32. The number of carbonyl (C=O) groups is 1. The largest absolute Gasteiger partial charge is 0.356 e. The van der Waals surface area contributed by atoms with E-state index in [1.807, 2.05) is 46.8 Å². The SMILES string of the molecule is Cc1cc(C)cc(C(=O)c2[nH]c(C)c(C)c2C)c1. The molecule has 0 saturated heterocycles. The van der Waals surface area contributed by atoms with Crippen LogP contribution < -0.4 is 0 Å². The van der Waals surface area contributed by atoms with Crippen LogP contribution in [0.4, 0.5) is 0 Å². The van der Waals surface area contributed by atoms with E-state index in [4.69, 9.17) is 0 Å². The molecule has 1 aromatic carbocycles. The molecule has 1 aromatic heterocycles. The van der Waals surface area contributed by atoms with Crippen molar-refractivity contribution >= 4 is 5.78 Å². The molecule has 0 atom stereocenters. The average molecular weight is 241 g/mol. The number of nitrogens with one attached hydrogen (secondary N) is 1. The number of benzene rings is 1. The summed E-state index contributed by atoms with van der Waals surface area (Å²) >= 11 is 0. The molecule has 2 heteroatoms. The lowest BCUT2D eigenvalue weighted by Gasteiger charge is -2.04. The van der Waals surface area contributed by atoms with Crippen LogP contribution in [0, 0.1) is 34.6 Å². The molecule has 1 heterocycles. The van der Waals surface area contributed by atoms with Crippen LogP contribution in [0.25, 0.3) is 0 Å². The second kappa shape index (κ2) is 4.45. The van der Waals surface area contributed by atoms with Crippen molar-refractivity contribution in [3.05, 3.63) is 57.4 Å². The van der Waals surface area contributed by atoms with Crippen molar-refractivity contribution in [2.24, 2.45) is 0 Å². The topological polar surface area (TPSA) is 32.9 Å². The molecule has 2 nitrogen and oxygen atoms in total. The first kappa shape index (κ1) is 12.6. The van der Waals surface area contributed by atoms with Gasteiger partial charge < -0.3 is 4.98 Å². The highest BCUT2D eigenvalue weighted by molar-refractivity contribution is 6.09. The van der Waals surface area contributed by atoms with Gasteiger partial charge in [0.1, 0.15) is 0 Å².